The fourth-order valence-electron chi connectivity index (χ4n) is 3.36. The van der Waals surface area contributed by atoms with Crippen LogP contribution >= 0.6 is 12.6 Å². The Morgan fingerprint density at radius 3 is 2.43 bits per heavy atom. The average Bonchev–Trinajstić information content (AvgIpc) is 2.70. The number of hydrogen-bond donors (Lipinski definition) is 2. The zero-order valence-electron chi connectivity index (χ0n) is 16.1. The molecule has 0 radical (unpaired) electrons. The summed E-state index contributed by atoms with van der Waals surface area (Å²) in [5.41, 5.74) is 1.56. The first-order chi connectivity index (χ1) is 13.6. The van der Waals surface area contributed by atoms with E-state index < -0.39 is 0 Å². The normalized spacial score (nSPS) is 14.6. The van der Waals surface area contributed by atoms with E-state index in [9.17, 15) is 9.59 Å². The molecule has 1 heterocycles. The molecule has 0 aliphatic carbocycles. The summed E-state index contributed by atoms with van der Waals surface area (Å²) in [4.78, 5) is 27.5. The average molecular weight is 399 g/mol. The SMILES string of the molecule is CCOc1ccc(CC(=O)N2CCC(NC(=O)c3ccccc3S)CC2)cc1. The molecular formula is C22H26N2O3S. The molecule has 1 aliphatic rings. The Hall–Kier alpha value is -2.47. The second-order valence-corrected chi connectivity index (χ2v) is 7.38. The maximum absolute atomic E-state index is 12.6. The number of nitrogens with one attached hydrogen (secondary N) is 1. The van der Waals surface area contributed by atoms with Crippen molar-refractivity contribution in [3.05, 3.63) is 59.7 Å². The molecule has 2 aromatic rings. The largest absolute Gasteiger partial charge is 0.494 e. The van der Waals surface area contributed by atoms with Crippen molar-refractivity contribution in [2.75, 3.05) is 19.7 Å². The van der Waals surface area contributed by atoms with Crippen LogP contribution in [-0.2, 0) is 11.2 Å². The quantitative estimate of drug-likeness (QED) is 0.734. The lowest BCUT2D eigenvalue weighted by atomic mass is 10.0. The molecule has 1 N–H and O–H groups in total. The van der Waals surface area contributed by atoms with Gasteiger partial charge in [0.1, 0.15) is 5.75 Å². The highest BCUT2D eigenvalue weighted by Crippen LogP contribution is 2.17. The fourth-order valence-corrected chi connectivity index (χ4v) is 3.62. The maximum atomic E-state index is 12.6. The lowest BCUT2D eigenvalue weighted by molar-refractivity contribution is -0.131. The molecule has 3 rings (SSSR count). The van der Waals surface area contributed by atoms with E-state index in [2.05, 4.69) is 17.9 Å². The van der Waals surface area contributed by atoms with Crippen molar-refractivity contribution >= 4 is 24.4 Å². The van der Waals surface area contributed by atoms with E-state index in [4.69, 9.17) is 4.74 Å². The van der Waals surface area contributed by atoms with Crippen LogP contribution in [0, 0.1) is 0 Å². The first-order valence-corrected chi connectivity index (χ1v) is 10.1. The number of rotatable bonds is 6. The summed E-state index contributed by atoms with van der Waals surface area (Å²) in [5.74, 6) is 0.831. The molecule has 148 valence electrons. The zero-order chi connectivity index (χ0) is 19.9. The van der Waals surface area contributed by atoms with Gasteiger partial charge in [0, 0.05) is 24.0 Å². The molecule has 0 bridgehead atoms. The first kappa shape index (κ1) is 20.3. The molecule has 0 spiro atoms. The number of ether oxygens (including phenoxy) is 1. The lowest BCUT2D eigenvalue weighted by Crippen LogP contribution is -2.47. The number of piperidine rings is 1. The maximum Gasteiger partial charge on any atom is 0.252 e. The summed E-state index contributed by atoms with van der Waals surface area (Å²) in [6, 6.07) is 15.0. The minimum Gasteiger partial charge on any atom is -0.494 e. The monoisotopic (exact) mass is 398 g/mol. The third-order valence-electron chi connectivity index (χ3n) is 4.92. The van der Waals surface area contributed by atoms with Gasteiger partial charge in [-0.3, -0.25) is 9.59 Å². The van der Waals surface area contributed by atoms with Crippen LogP contribution in [0.5, 0.6) is 5.75 Å². The Morgan fingerprint density at radius 1 is 1.11 bits per heavy atom. The number of carbonyl (C=O) groups excluding carboxylic acids is 2. The Kier molecular flexibility index (Phi) is 6.98. The number of amides is 2. The number of carbonyl (C=O) groups is 2. The van der Waals surface area contributed by atoms with Gasteiger partial charge in [0.15, 0.2) is 0 Å². The molecule has 0 saturated carbocycles. The smallest absolute Gasteiger partial charge is 0.252 e. The molecule has 1 aliphatic heterocycles. The van der Waals surface area contributed by atoms with Crippen molar-refractivity contribution in [3.63, 3.8) is 0 Å². The number of thiol groups is 1. The summed E-state index contributed by atoms with van der Waals surface area (Å²) >= 11 is 4.34. The molecular weight excluding hydrogens is 372 g/mol. The topological polar surface area (TPSA) is 58.6 Å². The second kappa shape index (κ2) is 9.64. The minimum atomic E-state index is -0.107. The highest BCUT2D eigenvalue weighted by atomic mass is 32.1. The number of nitrogens with zero attached hydrogens (tertiary/aromatic N) is 1. The van der Waals surface area contributed by atoms with Crippen molar-refractivity contribution in [2.45, 2.75) is 37.1 Å². The van der Waals surface area contributed by atoms with Crippen LogP contribution in [0.25, 0.3) is 0 Å². The van der Waals surface area contributed by atoms with E-state index in [0.29, 0.717) is 36.6 Å². The molecule has 1 fully saturated rings. The summed E-state index contributed by atoms with van der Waals surface area (Å²) in [6.07, 6.45) is 1.90. The summed E-state index contributed by atoms with van der Waals surface area (Å²) < 4.78 is 5.43. The fraction of sp³-hybridized carbons (Fsp3) is 0.364. The molecule has 2 aromatic carbocycles. The molecule has 0 atom stereocenters. The first-order valence-electron chi connectivity index (χ1n) is 9.65. The van der Waals surface area contributed by atoms with Gasteiger partial charge in [0.25, 0.3) is 5.91 Å². The molecule has 0 aromatic heterocycles. The number of hydrogen-bond acceptors (Lipinski definition) is 4. The summed E-state index contributed by atoms with van der Waals surface area (Å²) in [6.45, 7) is 3.89. The lowest BCUT2D eigenvalue weighted by Gasteiger charge is -2.32. The third kappa shape index (κ3) is 5.29. The number of likely N-dealkylation sites (tertiary alicyclic amines) is 1. The van der Waals surface area contributed by atoms with Gasteiger partial charge in [0.05, 0.1) is 18.6 Å². The van der Waals surface area contributed by atoms with E-state index >= 15 is 0 Å². The van der Waals surface area contributed by atoms with E-state index in [1.807, 2.05) is 48.2 Å². The van der Waals surface area contributed by atoms with Crippen molar-refractivity contribution in [1.29, 1.82) is 0 Å². The molecule has 0 unspecified atom stereocenters. The van der Waals surface area contributed by atoms with E-state index in [-0.39, 0.29) is 17.9 Å². The van der Waals surface area contributed by atoms with Crippen LogP contribution in [-0.4, -0.2) is 42.5 Å². The van der Waals surface area contributed by atoms with E-state index in [1.165, 1.54) is 0 Å². The molecule has 1 saturated heterocycles. The van der Waals surface area contributed by atoms with Gasteiger partial charge in [-0.15, -0.1) is 12.6 Å². The van der Waals surface area contributed by atoms with Gasteiger partial charge < -0.3 is 15.0 Å². The van der Waals surface area contributed by atoms with Crippen LogP contribution in [0.2, 0.25) is 0 Å². The van der Waals surface area contributed by atoms with Crippen LogP contribution in [0.3, 0.4) is 0 Å². The number of benzene rings is 2. The van der Waals surface area contributed by atoms with Gasteiger partial charge in [-0.05, 0) is 49.6 Å². The minimum absolute atomic E-state index is 0.0787. The van der Waals surface area contributed by atoms with E-state index in [1.54, 1.807) is 12.1 Å². The van der Waals surface area contributed by atoms with Gasteiger partial charge >= 0.3 is 0 Å². The molecule has 28 heavy (non-hydrogen) atoms. The highest BCUT2D eigenvalue weighted by Gasteiger charge is 2.24. The van der Waals surface area contributed by atoms with Crippen LogP contribution < -0.4 is 10.1 Å². The molecule has 2 amide bonds. The standard InChI is InChI=1S/C22H26N2O3S/c1-2-27-18-9-7-16(8-10-18)15-21(25)24-13-11-17(12-14-24)23-22(26)19-5-3-4-6-20(19)28/h3-10,17,28H,2,11-15H2,1H3,(H,23,26). The van der Waals surface area contributed by atoms with Crippen LogP contribution in [0.15, 0.2) is 53.4 Å². The Bertz CT molecular complexity index is 815. The Morgan fingerprint density at radius 2 is 1.79 bits per heavy atom. The zero-order valence-corrected chi connectivity index (χ0v) is 17.0. The predicted octanol–water partition coefficient (Wildman–Crippen LogP) is 3.34. The highest BCUT2D eigenvalue weighted by molar-refractivity contribution is 7.80. The Balaban J connectivity index is 1.47. The van der Waals surface area contributed by atoms with Gasteiger partial charge in [-0.25, -0.2) is 0 Å². The van der Waals surface area contributed by atoms with E-state index in [0.717, 1.165) is 24.2 Å². The molecule has 5 nitrogen and oxygen atoms in total. The second-order valence-electron chi connectivity index (χ2n) is 6.90. The summed E-state index contributed by atoms with van der Waals surface area (Å²) in [7, 11) is 0. The third-order valence-corrected chi connectivity index (χ3v) is 5.31. The van der Waals surface area contributed by atoms with Gasteiger partial charge in [-0.2, -0.15) is 0 Å². The van der Waals surface area contributed by atoms with Crippen molar-refractivity contribution in [3.8, 4) is 5.75 Å². The van der Waals surface area contributed by atoms with Crippen LogP contribution in [0.4, 0.5) is 0 Å². The Labute approximate surface area is 171 Å². The van der Waals surface area contributed by atoms with Crippen molar-refractivity contribution in [1.82, 2.24) is 10.2 Å². The summed E-state index contributed by atoms with van der Waals surface area (Å²) in [5, 5.41) is 3.06. The van der Waals surface area contributed by atoms with Gasteiger partial charge in [0.2, 0.25) is 5.91 Å². The molecule has 6 heteroatoms. The predicted molar refractivity (Wildman–Crippen MR) is 112 cm³/mol. The van der Waals surface area contributed by atoms with Gasteiger partial charge in [-0.1, -0.05) is 24.3 Å². The van der Waals surface area contributed by atoms with Crippen molar-refractivity contribution in [2.24, 2.45) is 0 Å². The van der Waals surface area contributed by atoms with Crippen LogP contribution in [0.1, 0.15) is 35.7 Å². The van der Waals surface area contributed by atoms with Crippen molar-refractivity contribution < 1.29 is 14.3 Å².